The van der Waals surface area contributed by atoms with Gasteiger partial charge >= 0.3 is 0 Å². The smallest absolute Gasteiger partial charge is 0.138 e. The van der Waals surface area contributed by atoms with E-state index in [1.54, 1.807) is 0 Å². The number of fused-ring (bicyclic) bond motifs is 5. The Kier molecular flexibility index (Phi) is 1.29. The van der Waals surface area contributed by atoms with Crippen LogP contribution in [-0.4, -0.2) is 11.8 Å². The molecule has 0 aromatic rings. The van der Waals surface area contributed by atoms with Crippen molar-refractivity contribution in [2.24, 2.45) is 22.9 Å². The molecule has 0 aromatic heterocycles. The Labute approximate surface area is 73.0 Å². The summed E-state index contributed by atoms with van der Waals surface area (Å²) in [6.45, 7) is 2.19. The Balaban J connectivity index is 1.90. The lowest BCUT2D eigenvalue weighted by molar-refractivity contribution is 0.0275. The largest absolute Gasteiger partial charge is 0.392 e. The molecular formula is C10H15NO. The molecule has 2 saturated carbocycles. The van der Waals surface area contributed by atoms with Gasteiger partial charge in [-0.25, -0.2) is 0 Å². The van der Waals surface area contributed by atoms with Crippen LogP contribution < -0.4 is 0 Å². The summed E-state index contributed by atoms with van der Waals surface area (Å²) in [5.74, 6) is 2.47. The van der Waals surface area contributed by atoms with Gasteiger partial charge in [-0.2, -0.15) is 0 Å². The van der Waals surface area contributed by atoms with Gasteiger partial charge in [0.2, 0.25) is 0 Å². The molecule has 2 nitrogen and oxygen atoms in total. The Morgan fingerprint density at radius 2 is 2.25 bits per heavy atom. The van der Waals surface area contributed by atoms with E-state index in [-0.39, 0.29) is 0 Å². The van der Waals surface area contributed by atoms with Gasteiger partial charge < -0.3 is 4.84 Å². The Morgan fingerprint density at radius 3 is 3.08 bits per heavy atom. The first-order chi connectivity index (χ1) is 5.90. The summed E-state index contributed by atoms with van der Waals surface area (Å²) >= 11 is 0. The minimum absolute atomic E-state index is 0.485. The molecule has 66 valence electrons. The van der Waals surface area contributed by atoms with E-state index >= 15 is 0 Å². The van der Waals surface area contributed by atoms with Crippen molar-refractivity contribution < 1.29 is 4.84 Å². The summed E-state index contributed by atoms with van der Waals surface area (Å²) in [6.07, 6.45) is 5.80. The van der Waals surface area contributed by atoms with Crippen LogP contribution in [0.1, 0.15) is 32.6 Å². The molecule has 1 heterocycles. The van der Waals surface area contributed by atoms with Gasteiger partial charge in [-0.15, -0.1) is 0 Å². The van der Waals surface area contributed by atoms with E-state index in [2.05, 4.69) is 12.1 Å². The molecule has 0 unspecified atom stereocenters. The molecule has 0 amide bonds. The molecule has 1 aliphatic heterocycles. The SMILES string of the molecule is CCC1=NO[C@H]2[C@@H]3CC[C@@H](C3)[C@@H]12. The summed E-state index contributed by atoms with van der Waals surface area (Å²) in [7, 11) is 0. The summed E-state index contributed by atoms with van der Waals surface area (Å²) < 4.78 is 0. The van der Waals surface area contributed by atoms with Crippen molar-refractivity contribution in [2.45, 2.75) is 38.7 Å². The molecule has 2 fully saturated rings. The first kappa shape index (κ1) is 6.93. The van der Waals surface area contributed by atoms with Crippen molar-refractivity contribution in [1.29, 1.82) is 0 Å². The minimum atomic E-state index is 0.485. The molecule has 12 heavy (non-hydrogen) atoms. The molecule has 2 aliphatic carbocycles. The molecule has 4 atom stereocenters. The first-order valence-corrected chi connectivity index (χ1v) is 5.12. The molecular weight excluding hydrogens is 150 g/mol. The van der Waals surface area contributed by atoms with Crippen LogP contribution in [0.3, 0.4) is 0 Å². The maximum Gasteiger partial charge on any atom is 0.138 e. The van der Waals surface area contributed by atoms with Crippen LogP contribution in [0.5, 0.6) is 0 Å². The fraction of sp³-hybridized carbons (Fsp3) is 0.900. The lowest BCUT2D eigenvalue weighted by Gasteiger charge is -2.22. The second-order valence-electron chi connectivity index (χ2n) is 4.37. The van der Waals surface area contributed by atoms with Crippen LogP contribution in [0, 0.1) is 17.8 Å². The van der Waals surface area contributed by atoms with E-state index in [1.165, 1.54) is 25.0 Å². The summed E-state index contributed by atoms with van der Waals surface area (Å²) in [6, 6.07) is 0. The Bertz CT molecular complexity index is 236. The van der Waals surface area contributed by atoms with E-state index < -0.39 is 0 Å². The highest BCUT2D eigenvalue weighted by atomic mass is 16.6. The van der Waals surface area contributed by atoms with Crippen LogP contribution in [0.2, 0.25) is 0 Å². The zero-order valence-electron chi connectivity index (χ0n) is 7.49. The lowest BCUT2D eigenvalue weighted by Crippen LogP contribution is -2.29. The average Bonchev–Trinajstić information content (AvgIpc) is 2.76. The number of rotatable bonds is 1. The summed E-state index contributed by atoms with van der Waals surface area (Å²) in [4.78, 5) is 5.50. The number of hydrogen-bond acceptors (Lipinski definition) is 2. The highest BCUT2D eigenvalue weighted by Gasteiger charge is 2.53. The normalized spacial score (nSPS) is 48.9. The summed E-state index contributed by atoms with van der Waals surface area (Å²) in [5, 5.41) is 4.20. The number of oxime groups is 1. The van der Waals surface area contributed by atoms with E-state index in [4.69, 9.17) is 4.84 Å². The molecule has 0 spiro atoms. The maximum absolute atomic E-state index is 5.50. The van der Waals surface area contributed by atoms with Crippen molar-refractivity contribution in [3.05, 3.63) is 0 Å². The zero-order valence-corrected chi connectivity index (χ0v) is 7.49. The lowest BCUT2D eigenvalue weighted by atomic mass is 9.83. The third-order valence-corrected chi connectivity index (χ3v) is 3.88. The van der Waals surface area contributed by atoms with Crippen molar-refractivity contribution >= 4 is 5.71 Å². The summed E-state index contributed by atoms with van der Waals surface area (Å²) in [5.41, 5.74) is 1.34. The van der Waals surface area contributed by atoms with Gasteiger partial charge in [-0.3, -0.25) is 0 Å². The predicted octanol–water partition coefficient (Wildman–Crippen LogP) is 2.20. The standard InChI is InChI=1S/C10H15NO/c1-2-8-9-6-3-4-7(5-6)10(9)12-11-8/h6-7,9-10H,2-5H2,1H3/t6-,7+,9-,10-/m0/s1. The quantitative estimate of drug-likeness (QED) is 0.583. The van der Waals surface area contributed by atoms with E-state index in [1.807, 2.05) is 0 Å². The molecule has 0 N–H and O–H groups in total. The van der Waals surface area contributed by atoms with E-state index in [9.17, 15) is 0 Å². The van der Waals surface area contributed by atoms with Crippen LogP contribution in [0.15, 0.2) is 5.16 Å². The molecule has 0 radical (unpaired) electrons. The van der Waals surface area contributed by atoms with Gasteiger partial charge in [-0.1, -0.05) is 12.1 Å². The number of hydrogen-bond donors (Lipinski definition) is 0. The Hall–Kier alpha value is -0.530. The first-order valence-electron chi connectivity index (χ1n) is 5.12. The van der Waals surface area contributed by atoms with E-state index in [0.29, 0.717) is 12.0 Å². The molecule has 3 rings (SSSR count). The fourth-order valence-electron chi connectivity index (χ4n) is 3.34. The van der Waals surface area contributed by atoms with E-state index in [0.717, 1.165) is 18.3 Å². The topological polar surface area (TPSA) is 21.6 Å². The van der Waals surface area contributed by atoms with Gasteiger partial charge in [0.1, 0.15) is 6.10 Å². The van der Waals surface area contributed by atoms with Gasteiger partial charge in [0.15, 0.2) is 0 Å². The van der Waals surface area contributed by atoms with Gasteiger partial charge in [-0.05, 0) is 37.5 Å². The second-order valence-corrected chi connectivity index (χ2v) is 4.37. The predicted molar refractivity (Wildman–Crippen MR) is 46.9 cm³/mol. The molecule has 3 aliphatic rings. The fourth-order valence-corrected chi connectivity index (χ4v) is 3.34. The van der Waals surface area contributed by atoms with Crippen LogP contribution in [0.4, 0.5) is 0 Å². The van der Waals surface area contributed by atoms with Crippen molar-refractivity contribution in [3.63, 3.8) is 0 Å². The monoisotopic (exact) mass is 165 g/mol. The van der Waals surface area contributed by atoms with Crippen molar-refractivity contribution in [3.8, 4) is 0 Å². The van der Waals surface area contributed by atoms with Gasteiger partial charge in [0.25, 0.3) is 0 Å². The van der Waals surface area contributed by atoms with Crippen molar-refractivity contribution in [2.75, 3.05) is 0 Å². The van der Waals surface area contributed by atoms with Gasteiger partial charge in [0, 0.05) is 5.92 Å². The zero-order chi connectivity index (χ0) is 8.13. The molecule has 0 saturated heterocycles. The van der Waals surface area contributed by atoms with Crippen LogP contribution >= 0.6 is 0 Å². The minimum Gasteiger partial charge on any atom is -0.392 e. The van der Waals surface area contributed by atoms with Crippen LogP contribution in [0.25, 0.3) is 0 Å². The molecule has 2 heteroatoms. The van der Waals surface area contributed by atoms with Crippen molar-refractivity contribution in [1.82, 2.24) is 0 Å². The third kappa shape index (κ3) is 0.686. The second kappa shape index (κ2) is 2.24. The number of nitrogens with zero attached hydrogens (tertiary/aromatic N) is 1. The highest BCUT2D eigenvalue weighted by molar-refractivity contribution is 5.88. The average molecular weight is 165 g/mol. The Morgan fingerprint density at radius 1 is 1.42 bits per heavy atom. The van der Waals surface area contributed by atoms with Crippen LogP contribution in [-0.2, 0) is 4.84 Å². The van der Waals surface area contributed by atoms with Gasteiger partial charge in [0.05, 0.1) is 5.71 Å². The molecule has 0 aromatic carbocycles. The molecule has 2 bridgehead atoms. The highest BCUT2D eigenvalue weighted by Crippen LogP contribution is 2.52. The third-order valence-electron chi connectivity index (χ3n) is 3.88. The maximum atomic E-state index is 5.50.